The number of rotatable bonds is 1. The Balaban J connectivity index is 0.000000137. The smallest absolute Gasteiger partial charge is 0.294 e. The van der Waals surface area contributed by atoms with Gasteiger partial charge in [-0.05, 0) is 36.8 Å². The van der Waals surface area contributed by atoms with E-state index in [0.29, 0.717) is 17.4 Å². The SMILES string of the molecule is Cc1ccccc1S(=O)(=O)O.O=C1NC(=O)C2C3C=CC(C3)C12. The summed E-state index contributed by atoms with van der Waals surface area (Å²) in [6.45, 7) is 1.63. The van der Waals surface area contributed by atoms with Crippen LogP contribution in [0.5, 0.6) is 0 Å². The van der Waals surface area contributed by atoms with Crippen molar-refractivity contribution in [3.8, 4) is 0 Å². The predicted octanol–water partition coefficient (Wildman–Crippen LogP) is 1.32. The Hall–Kier alpha value is -1.99. The number of hydrogen-bond donors (Lipinski definition) is 2. The van der Waals surface area contributed by atoms with Gasteiger partial charge in [0.15, 0.2) is 0 Å². The van der Waals surface area contributed by atoms with Gasteiger partial charge in [0.2, 0.25) is 11.8 Å². The molecule has 6 nitrogen and oxygen atoms in total. The highest BCUT2D eigenvalue weighted by atomic mass is 32.2. The summed E-state index contributed by atoms with van der Waals surface area (Å²) in [4.78, 5) is 22.6. The molecule has 2 aliphatic carbocycles. The lowest BCUT2D eigenvalue weighted by Gasteiger charge is -2.14. The number of carbonyl (C=O) groups is 2. The number of allylic oxidation sites excluding steroid dienone is 2. The number of amides is 2. The van der Waals surface area contributed by atoms with Gasteiger partial charge in [-0.1, -0.05) is 30.4 Å². The highest BCUT2D eigenvalue weighted by Crippen LogP contribution is 2.50. The molecular weight excluding hydrogens is 318 g/mol. The van der Waals surface area contributed by atoms with Crippen LogP contribution in [-0.2, 0) is 19.7 Å². The Labute approximate surface area is 134 Å². The van der Waals surface area contributed by atoms with E-state index in [0.717, 1.165) is 6.42 Å². The summed E-state index contributed by atoms with van der Waals surface area (Å²) >= 11 is 0. The molecule has 23 heavy (non-hydrogen) atoms. The fourth-order valence-electron chi connectivity index (χ4n) is 3.67. The van der Waals surface area contributed by atoms with E-state index < -0.39 is 10.1 Å². The van der Waals surface area contributed by atoms with Crippen LogP contribution in [0.1, 0.15) is 12.0 Å². The average Bonchev–Trinajstić information content (AvgIpc) is 3.14. The van der Waals surface area contributed by atoms with Gasteiger partial charge in [-0.15, -0.1) is 0 Å². The summed E-state index contributed by atoms with van der Waals surface area (Å²) < 4.78 is 29.9. The molecule has 1 saturated heterocycles. The Kier molecular flexibility index (Phi) is 3.85. The molecule has 1 aromatic rings. The number of benzene rings is 1. The molecule has 2 N–H and O–H groups in total. The molecule has 0 spiro atoms. The minimum atomic E-state index is -4.03. The van der Waals surface area contributed by atoms with Crippen molar-refractivity contribution in [3.05, 3.63) is 42.0 Å². The van der Waals surface area contributed by atoms with Crippen LogP contribution in [-0.4, -0.2) is 24.8 Å². The van der Waals surface area contributed by atoms with Gasteiger partial charge in [-0.25, -0.2) is 0 Å². The van der Waals surface area contributed by atoms with Gasteiger partial charge in [0.25, 0.3) is 10.1 Å². The monoisotopic (exact) mass is 335 g/mol. The largest absolute Gasteiger partial charge is 0.296 e. The van der Waals surface area contributed by atoms with Gasteiger partial charge in [0, 0.05) is 0 Å². The molecule has 4 rings (SSSR count). The quantitative estimate of drug-likeness (QED) is 0.458. The van der Waals surface area contributed by atoms with Crippen LogP contribution in [0.2, 0.25) is 0 Å². The Morgan fingerprint density at radius 1 is 1.04 bits per heavy atom. The van der Waals surface area contributed by atoms with E-state index >= 15 is 0 Å². The normalized spacial score (nSPS) is 30.7. The lowest BCUT2D eigenvalue weighted by Crippen LogP contribution is -2.25. The van der Waals surface area contributed by atoms with Crippen LogP contribution in [0.25, 0.3) is 0 Å². The standard InChI is InChI=1S/C9H9NO2.C7H8O3S/c11-8-6-4-1-2-5(3-4)7(6)9(12)10-8;1-6-4-2-3-5-7(6)11(8,9)10/h1-2,4-7H,3H2,(H,10,11,12);2-5H,1H3,(H,8,9,10). The first kappa shape index (κ1) is 15.9. The zero-order chi connectivity index (χ0) is 16.8. The molecule has 0 aromatic heterocycles. The summed E-state index contributed by atoms with van der Waals surface area (Å²) in [5.41, 5.74) is 0.551. The predicted molar refractivity (Wildman–Crippen MR) is 81.9 cm³/mol. The second-order valence-electron chi connectivity index (χ2n) is 6.09. The van der Waals surface area contributed by atoms with E-state index in [2.05, 4.69) is 17.5 Å². The van der Waals surface area contributed by atoms with E-state index in [4.69, 9.17) is 4.55 Å². The molecular formula is C16H17NO5S. The number of aryl methyl sites for hydroxylation is 1. The molecule has 122 valence electrons. The van der Waals surface area contributed by atoms with Crippen LogP contribution in [0.15, 0.2) is 41.3 Å². The second-order valence-corrected chi connectivity index (χ2v) is 7.48. The number of imide groups is 1. The van der Waals surface area contributed by atoms with Gasteiger partial charge in [0.05, 0.1) is 16.7 Å². The van der Waals surface area contributed by atoms with Crippen molar-refractivity contribution in [2.45, 2.75) is 18.2 Å². The number of fused-ring (bicyclic) bond motifs is 5. The second kappa shape index (κ2) is 5.58. The van der Waals surface area contributed by atoms with Crippen molar-refractivity contribution in [3.63, 3.8) is 0 Å². The van der Waals surface area contributed by atoms with E-state index in [1.165, 1.54) is 6.07 Å². The third-order valence-electron chi connectivity index (χ3n) is 4.68. The first-order valence-corrected chi connectivity index (χ1v) is 8.79. The third-order valence-corrected chi connectivity index (χ3v) is 5.70. The molecule has 1 aliphatic heterocycles. The van der Waals surface area contributed by atoms with Crippen LogP contribution < -0.4 is 5.32 Å². The fraction of sp³-hybridized carbons (Fsp3) is 0.375. The van der Waals surface area contributed by atoms with E-state index in [1.807, 2.05) is 0 Å². The molecule has 1 heterocycles. The number of carbonyl (C=O) groups excluding carboxylic acids is 2. The van der Waals surface area contributed by atoms with Crippen molar-refractivity contribution in [1.82, 2.24) is 5.32 Å². The molecule has 1 saturated carbocycles. The maximum atomic E-state index is 11.3. The minimum Gasteiger partial charge on any atom is -0.296 e. The summed E-state index contributed by atoms with van der Waals surface area (Å²) in [6.07, 6.45) is 5.18. The van der Waals surface area contributed by atoms with Gasteiger partial charge in [-0.2, -0.15) is 8.42 Å². The molecule has 1 aromatic carbocycles. The van der Waals surface area contributed by atoms with E-state index in [9.17, 15) is 18.0 Å². The zero-order valence-corrected chi connectivity index (χ0v) is 13.3. The molecule has 2 bridgehead atoms. The lowest BCUT2D eigenvalue weighted by molar-refractivity contribution is -0.126. The Bertz CT molecular complexity index is 770. The molecule has 7 heteroatoms. The molecule has 3 aliphatic rings. The van der Waals surface area contributed by atoms with Crippen LogP contribution >= 0.6 is 0 Å². The van der Waals surface area contributed by atoms with Crippen LogP contribution in [0.3, 0.4) is 0 Å². The first-order chi connectivity index (χ1) is 10.8. The van der Waals surface area contributed by atoms with Crippen molar-refractivity contribution >= 4 is 21.9 Å². The maximum Gasteiger partial charge on any atom is 0.294 e. The summed E-state index contributed by atoms with van der Waals surface area (Å²) in [5, 5.41) is 2.40. The van der Waals surface area contributed by atoms with Crippen molar-refractivity contribution in [2.75, 3.05) is 0 Å². The third kappa shape index (κ3) is 2.82. The number of nitrogens with one attached hydrogen (secondary N) is 1. The molecule has 0 radical (unpaired) electrons. The first-order valence-electron chi connectivity index (χ1n) is 7.35. The van der Waals surface area contributed by atoms with Gasteiger partial charge in [-0.3, -0.25) is 19.5 Å². The molecule has 2 amide bonds. The highest BCUT2D eigenvalue weighted by molar-refractivity contribution is 7.85. The lowest BCUT2D eigenvalue weighted by atomic mass is 9.85. The van der Waals surface area contributed by atoms with Crippen LogP contribution in [0, 0.1) is 30.6 Å². The topological polar surface area (TPSA) is 101 Å². The maximum absolute atomic E-state index is 11.3. The van der Waals surface area contributed by atoms with E-state index in [-0.39, 0.29) is 28.5 Å². The fourth-order valence-corrected chi connectivity index (χ4v) is 4.40. The van der Waals surface area contributed by atoms with Gasteiger partial charge >= 0.3 is 0 Å². The summed E-state index contributed by atoms with van der Waals surface area (Å²) in [6, 6.07) is 6.27. The van der Waals surface area contributed by atoms with Gasteiger partial charge < -0.3 is 0 Å². The Morgan fingerprint density at radius 3 is 2.00 bits per heavy atom. The van der Waals surface area contributed by atoms with Crippen molar-refractivity contribution < 1.29 is 22.6 Å². The van der Waals surface area contributed by atoms with Crippen molar-refractivity contribution in [1.29, 1.82) is 0 Å². The van der Waals surface area contributed by atoms with Crippen molar-refractivity contribution in [2.24, 2.45) is 23.7 Å². The summed E-state index contributed by atoms with van der Waals surface area (Å²) in [7, 11) is -4.03. The molecule has 4 unspecified atom stereocenters. The molecule has 4 atom stereocenters. The van der Waals surface area contributed by atoms with Crippen LogP contribution in [0.4, 0.5) is 0 Å². The minimum absolute atomic E-state index is 0.0278. The zero-order valence-electron chi connectivity index (χ0n) is 12.5. The molecule has 2 fully saturated rings. The summed E-state index contributed by atoms with van der Waals surface area (Å²) in [5.74, 6) is 0.501. The van der Waals surface area contributed by atoms with Gasteiger partial charge in [0.1, 0.15) is 0 Å². The highest BCUT2D eigenvalue weighted by Gasteiger charge is 2.55. The Morgan fingerprint density at radius 2 is 1.57 bits per heavy atom. The van der Waals surface area contributed by atoms with E-state index in [1.54, 1.807) is 25.1 Å². The average molecular weight is 335 g/mol. The number of hydrogen-bond acceptors (Lipinski definition) is 4.